The number of hydrogen-bond acceptors (Lipinski definition) is 8. The normalized spacial score (nSPS) is 20.9. The molecule has 2 fully saturated rings. The lowest BCUT2D eigenvalue weighted by atomic mass is 9.86. The molecule has 36 heavy (non-hydrogen) atoms. The number of imide groups is 1. The predicted octanol–water partition coefficient (Wildman–Crippen LogP) is 4.62. The Balaban J connectivity index is 1.09. The molecule has 0 bridgehead atoms. The highest BCUT2D eigenvalue weighted by atomic mass is 32.2. The monoisotopic (exact) mass is 500 g/mol. The van der Waals surface area contributed by atoms with Gasteiger partial charge in [0, 0.05) is 36.7 Å². The van der Waals surface area contributed by atoms with Gasteiger partial charge in [0.25, 0.3) is 11.1 Å². The summed E-state index contributed by atoms with van der Waals surface area (Å²) >= 11 is 0.887. The van der Waals surface area contributed by atoms with Crippen molar-refractivity contribution < 1.29 is 9.59 Å². The number of carbonyl (C=O) groups is 2. The summed E-state index contributed by atoms with van der Waals surface area (Å²) in [4.78, 5) is 36.6. The molecule has 3 aromatic rings. The summed E-state index contributed by atoms with van der Waals surface area (Å²) in [5, 5.41) is 9.00. The third-order valence-corrected chi connectivity index (χ3v) is 7.33. The average Bonchev–Trinajstić information content (AvgIpc) is 3.22. The Morgan fingerprint density at radius 1 is 1.03 bits per heavy atom. The molecule has 3 N–H and O–H groups in total. The predicted molar refractivity (Wildman–Crippen MR) is 142 cm³/mol. The molecule has 2 aromatic heterocycles. The van der Waals surface area contributed by atoms with Crippen molar-refractivity contribution in [1.29, 1.82) is 0 Å². The van der Waals surface area contributed by atoms with Gasteiger partial charge in [-0.25, -0.2) is 9.97 Å². The fraction of sp³-hybridized carbons (Fsp3) is 0.296. The molecular formula is C27H28N6O2S. The van der Waals surface area contributed by atoms with E-state index in [4.69, 9.17) is 0 Å². The Morgan fingerprint density at radius 3 is 2.67 bits per heavy atom. The smallest absolute Gasteiger partial charge is 0.290 e. The summed E-state index contributed by atoms with van der Waals surface area (Å²) in [7, 11) is 0. The molecule has 0 spiro atoms. The maximum Gasteiger partial charge on any atom is 0.290 e. The van der Waals surface area contributed by atoms with E-state index in [1.807, 2.05) is 12.3 Å². The van der Waals surface area contributed by atoms with E-state index < -0.39 is 0 Å². The van der Waals surface area contributed by atoms with Crippen molar-refractivity contribution in [2.24, 2.45) is 5.92 Å². The minimum Gasteiger partial charge on any atom is -0.351 e. The van der Waals surface area contributed by atoms with E-state index in [0.29, 0.717) is 28.5 Å². The Hall–Kier alpha value is -3.56. The molecule has 1 saturated heterocycles. The molecule has 184 valence electrons. The van der Waals surface area contributed by atoms with E-state index in [2.05, 4.69) is 61.2 Å². The summed E-state index contributed by atoms with van der Waals surface area (Å²) in [5.41, 5.74) is 4.25. The molecule has 1 aliphatic carbocycles. The zero-order valence-corrected chi connectivity index (χ0v) is 20.6. The van der Waals surface area contributed by atoms with Crippen LogP contribution >= 0.6 is 11.8 Å². The van der Waals surface area contributed by atoms with Gasteiger partial charge >= 0.3 is 0 Å². The van der Waals surface area contributed by atoms with Gasteiger partial charge in [-0.3, -0.25) is 19.9 Å². The number of hydrogen-bond donors (Lipinski definition) is 3. The molecule has 1 saturated carbocycles. The first-order valence-electron chi connectivity index (χ1n) is 12.2. The largest absolute Gasteiger partial charge is 0.351 e. The zero-order chi connectivity index (χ0) is 24.7. The van der Waals surface area contributed by atoms with Crippen molar-refractivity contribution in [3.8, 4) is 11.1 Å². The van der Waals surface area contributed by atoms with Crippen molar-refractivity contribution >= 4 is 34.9 Å². The Labute approximate surface area is 214 Å². The van der Waals surface area contributed by atoms with Crippen molar-refractivity contribution in [3.05, 3.63) is 77.2 Å². The van der Waals surface area contributed by atoms with Gasteiger partial charge in [-0.2, -0.15) is 0 Å². The number of thioether (sulfide) groups is 1. The van der Waals surface area contributed by atoms with E-state index in [0.717, 1.165) is 56.1 Å². The summed E-state index contributed by atoms with van der Waals surface area (Å²) in [6, 6.07) is 14.6. The first-order valence-corrected chi connectivity index (χ1v) is 13.0. The van der Waals surface area contributed by atoms with Crippen LogP contribution in [0.5, 0.6) is 0 Å². The standard InChI is InChI=1S/C27H28N6O2S/c34-25-24(36-27(35)33-25)14-22-11-13-30-26(32-22)31-21-9-7-18(8-10-21)15-29-17-19-4-1-2-6-23(19)20-5-3-12-28-16-20/h1-6,11-14,16,18,21,29H,7-10,15,17H2,(H,30,31,32)(H,33,34,35)/b24-14-. The van der Waals surface area contributed by atoms with Crippen molar-refractivity contribution in [2.75, 3.05) is 11.9 Å². The number of benzene rings is 1. The van der Waals surface area contributed by atoms with Crippen LogP contribution in [0.2, 0.25) is 0 Å². The number of amides is 2. The number of aromatic nitrogens is 3. The fourth-order valence-electron chi connectivity index (χ4n) is 4.66. The van der Waals surface area contributed by atoms with Crippen LogP contribution in [0.25, 0.3) is 17.2 Å². The second-order valence-corrected chi connectivity index (χ2v) is 10.1. The van der Waals surface area contributed by atoms with E-state index in [1.54, 1.807) is 24.5 Å². The van der Waals surface area contributed by atoms with Gasteiger partial charge in [-0.15, -0.1) is 0 Å². The van der Waals surface area contributed by atoms with E-state index in [1.165, 1.54) is 11.1 Å². The van der Waals surface area contributed by atoms with Crippen molar-refractivity contribution in [3.63, 3.8) is 0 Å². The maximum absolute atomic E-state index is 11.8. The van der Waals surface area contributed by atoms with Crippen LogP contribution in [0.3, 0.4) is 0 Å². The summed E-state index contributed by atoms with van der Waals surface area (Å²) in [6.45, 7) is 1.83. The Morgan fingerprint density at radius 2 is 1.89 bits per heavy atom. The minimum absolute atomic E-state index is 0.321. The Kier molecular flexibility index (Phi) is 7.68. The van der Waals surface area contributed by atoms with Gasteiger partial charge in [0.1, 0.15) is 0 Å². The second-order valence-electron chi connectivity index (χ2n) is 9.05. The highest BCUT2D eigenvalue weighted by Gasteiger charge is 2.25. The van der Waals surface area contributed by atoms with E-state index in [-0.39, 0.29) is 11.1 Å². The topological polar surface area (TPSA) is 109 Å². The van der Waals surface area contributed by atoms with Crippen LogP contribution in [-0.4, -0.2) is 38.7 Å². The van der Waals surface area contributed by atoms with Crippen LogP contribution in [0.15, 0.2) is 66.0 Å². The third kappa shape index (κ3) is 6.16. The lowest BCUT2D eigenvalue weighted by Crippen LogP contribution is -2.31. The first kappa shape index (κ1) is 24.1. The molecule has 9 heteroatoms. The maximum atomic E-state index is 11.8. The Bertz CT molecular complexity index is 1260. The van der Waals surface area contributed by atoms with Gasteiger partial charge in [-0.05, 0) is 79.2 Å². The molecule has 1 aromatic carbocycles. The lowest BCUT2D eigenvalue weighted by molar-refractivity contribution is -0.115. The molecule has 8 nitrogen and oxygen atoms in total. The van der Waals surface area contributed by atoms with Crippen molar-refractivity contribution in [1.82, 2.24) is 25.6 Å². The van der Waals surface area contributed by atoms with Gasteiger partial charge in [0.15, 0.2) is 0 Å². The summed E-state index contributed by atoms with van der Waals surface area (Å²) in [5.74, 6) is 0.805. The van der Waals surface area contributed by atoms with E-state index in [9.17, 15) is 9.59 Å². The van der Waals surface area contributed by atoms with Crippen LogP contribution in [0.1, 0.15) is 36.9 Å². The molecule has 2 aliphatic rings. The molecule has 0 unspecified atom stereocenters. The second kappa shape index (κ2) is 11.5. The number of rotatable bonds is 8. The van der Waals surface area contributed by atoms with Gasteiger partial charge < -0.3 is 10.6 Å². The van der Waals surface area contributed by atoms with Crippen LogP contribution < -0.4 is 16.0 Å². The summed E-state index contributed by atoms with van der Waals surface area (Å²) < 4.78 is 0. The molecule has 1 aliphatic heterocycles. The summed E-state index contributed by atoms with van der Waals surface area (Å²) in [6.07, 6.45) is 11.4. The number of anilines is 1. The number of nitrogens with one attached hydrogen (secondary N) is 3. The fourth-order valence-corrected chi connectivity index (χ4v) is 5.33. The average molecular weight is 501 g/mol. The molecule has 3 heterocycles. The molecule has 0 radical (unpaired) electrons. The van der Waals surface area contributed by atoms with Gasteiger partial charge in [0.05, 0.1) is 10.6 Å². The SMILES string of the molecule is O=C1NC(=O)/C(=C/c2ccnc(NC3CCC(CNCc4ccccc4-c4cccnc4)CC3)n2)S1. The number of nitrogens with zero attached hydrogens (tertiary/aromatic N) is 3. The molecule has 0 atom stereocenters. The number of carbonyl (C=O) groups excluding carboxylic acids is 2. The molecule has 5 rings (SSSR count). The highest BCUT2D eigenvalue weighted by Crippen LogP contribution is 2.28. The zero-order valence-electron chi connectivity index (χ0n) is 19.8. The quantitative estimate of drug-likeness (QED) is 0.385. The van der Waals surface area contributed by atoms with Crippen LogP contribution in [0, 0.1) is 5.92 Å². The van der Waals surface area contributed by atoms with Crippen molar-refractivity contribution in [2.45, 2.75) is 38.3 Å². The highest BCUT2D eigenvalue weighted by molar-refractivity contribution is 8.18. The van der Waals surface area contributed by atoms with Gasteiger partial charge in [-0.1, -0.05) is 30.3 Å². The molecule has 2 amide bonds. The molecular weight excluding hydrogens is 472 g/mol. The number of pyridine rings is 1. The lowest BCUT2D eigenvalue weighted by Gasteiger charge is -2.29. The van der Waals surface area contributed by atoms with Crippen LogP contribution in [-0.2, 0) is 11.3 Å². The van der Waals surface area contributed by atoms with E-state index >= 15 is 0 Å². The van der Waals surface area contributed by atoms with Gasteiger partial charge in [0.2, 0.25) is 5.95 Å². The van der Waals surface area contributed by atoms with Crippen LogP contribution in [0.4, 0.5) is 10.7 Å². The first-order chi connectivity index (χ1) is 17.6. The third-order valence-electron chi connectivity index (χ3n) is 6.52. The minimum atomic E-state index is -0.384.